The Morgan fingerprint density at radius 2 is 2.06 bits per heavy atom. The van der Waals surface area contributed by atoms with E-state index < -0.39 is 17.7 Å². The van der Waals surface area contributed by atoms with Crippen LogP contribution in [0.4, 0.5) is 8.78 Å². The molecular formula is C23H13Cl2F2N7O. The lowest BCUT2D eigenvalue weighted by atomic mass is 10.1. The maximum absolute atomic E-state index is 14.5. The summed E-state index contributed by atoms with van der Waals surface area (Å²) in [5.74, 6) is -1.93. The number of amides is 1. The van der Waals surface area contributed by atoms with E-state index in [0.717, 1.165) is 0 Å². The fraction of sp³-hybridized carbons (Fsp3) is 0.0870. The van der Waals surface area contributed by atoms with Crippen LogP contribution in [0.2, 0.25) is 10.0 Å². The van der Waals surface area contributed by atoms with E-state index in [0.29, 0.717) is 32.0 Å². The van der Waals surface area contributed by atoms with Crippen molar-refractivity contribution in [2.75, 3.05) is 0 Å². The SMILES string of the molecule is N#Cc1nn(Cc2cc(F)c3ncc(Cl)cc3c2)cc1C(=O)NCc1cc2c(Cl)c[nH]c2nc1F. The number of aromatic nitrogens is 5. The number of H-pyrrole nitrogens is 1. The van der Waals surface area contributed by atoms with E-state index in [-0.39, 0.29) is 35.4 Å². The van der Waals surface area contributed by atoms with Gasteiger partial charge in [0.2, 0.25) is 5.95 Å². The van der Waals surface area contributed by atoms with E-state index in [1.807, 2.05) is 6.07 Å². The van der Waals surface area contributed by atoms with Gasteiger partial charge in [-0.1, -0.05) is 23.2 Å². The van der Waals surface area contributed by atoms with Gasteiger partial charge < -0.3 is 10.3 Å². The van der Waals surface area contributed by atoms with Crippen molar-refractivity contribution in [3.8, 4) is 6.07 Å². The van der Waals surface area contributed by atoms with Gasteiger partial charge in [0.1, 0.15) is 23.1 Å². The zero-order chi connectivity index (χ0) is 24.7. The lowest BCUT2D eigenvalue weighted by Crippen LogP contribution is -2.24. The normalized spacial score (nSPS) is 11.2. The summed E-state index contributed by atoms with van der Waals surface area (Å²) in [6, 6.07) is 7.94. The summed E-state index contributed by atoms with van der Waals surface area (Å²) in [7, 11) is 0. The van der Waals surface area contributed by atoms with Crippen molar-refractivity contribution in [3.05, 3.63) is 87.1 Å². The van der Waals surface area contributed by atoms with Crippen LogP contribution in [0.25, 0.3) is 21.9 Å². The minimum Gasteiger partial charge on any atom is -0.348 e. The Morgan fingerprint density at radius 1 is 1.23 bits per heavy atom. The largest absolute Gasteiger partial charge is 0.348 e. The lowest BCUT2D eigenvalue weighted by molar-refractivity contribution is 0.0950. The Kier molecular flexibility index (Phi) is 5.80. The molecule has 0 saturated heterocycles. The molecule has 35 heavy (non-hydrogen) atoms. The molecule has 0 saturated carbocycles. The summed E-state index contributed by atoms with van der Waals surface area (Å²) in [6.45, 7) is -0.0999. The number of hydrogen-bond acceptors (Lipinski definition) is 5. The molecule has 5 rings (SSSR count). The smallest absolute Gasteiger partial charge is 0.256 e. The molecule has 12 heteroatoms. The number of nitrogens with one attached hydrogen (secondary N) is 2. The van der Waals surface area contributed by atoms with Gasteiger partial charge in [-0.05, 0) is 29.8 Å². The number of aromatic amines is 1. The number of carbonyl (C=O) groups is 1. The third-order valence-corrected chi connectivity index (χ3v) is 5.82. The number of rotatable bonds is 5. The second kappa shape index (κ2) is 8.94. The van der Waals surface area contributed by atoms with Crippen LogP contribution in [0.15, 0.2) is 42.9 Å². The molecule has 4 heterocycles. The lowest BCUT2D eigenvalue weighted by Gasteiger charge is -2.06. The molecule has 4 aromatic heterocycles. The number of fused-ring (bicyclic) bond motifs is 2. The number of halogens is 4. The Hall–Kier alpha value is -4.07. The molecule has 1 amide bonds. The molecule has 0 aliphatic carbocycles. The number of pyridine rings is 2. The predicted molar refractivity (Wildman–Crippen MR) is 125 cm³/mol. The average Bonchev–Trinajstić information content (AvgIpc) is 3.39. The highest BCUT2D eigenvalue weighted by molar-refractivity contribution is 6.35. The fourth-order valence-corrected chi connectivity index (χ4v) is 4.06. The fourth-order valence-electron chi connectivity index (χ4n) is 3.70. The van der Waals surface area contributed by atoms with Crippen molar-refractivity contribution in [3.63, 3.8) is 0 Å². The van der Waals surface area contributed by atoms with E-state index in [1.165, 1.54) is 35.4 Å². The van der Waals surface area contributed by atoms with Crippen LogP contribution in [0, 0.1) is 23.1 Å². The Balaban J connectivity index is 1.37. The molecule has 0 aliphatic rings. The first-order valence-electron chi connectivity index (χ1n) is 10.1. The zero-order valence-corrected chi connectivity index (χ0v) is 19.1. The van der Waals surface area contributed by atoms with Crippen LogP contribution in [-0.2, 0) is 13.1 Å². The van der Waals surface area contributed by atoms with Crippen LogP contribution in [0.3, 0.4) is 0 Å². The van der Waals surface area contributed by atoms with Gasteiger partial charge in [-0.3, -0.25) is 14.5 Å². The molecule has 0 spiro atoms. The number of nitriles is 1. The van der Waals surface area contributed by atoms with Crippen LogP contribution in [0.1, 0.15) is 27.2 Å². The Bertz CT molecular complexity index is 1670. The molecule has 0 unspecified atom stereocenters. The molecule has 0 atom stereocenters. The molecule has 0 fully saturated rings. The Morgan fingerprint density at radius 3 is 2.86 bits per heavy atom. The molecule has 0 aliphatic heterocycles. The third kappa shape index (κ3) is 4.39. The molecule has 1 aromatic carbocycles. The van der Waals surface area contributed by atoms with Gasteiger partial charge in [0.15, 0.2) is 5.69 Å². The number of carbonyl (C=O) groups excluding carboxylic acids is 1. The molecule has 5 aromatic rings. The van der Waals surface area contributed by atoms with Gasteiger partial charge in [-0.15, -0.1) is 0 Å². The molecule has 8 nitrogen and oxygen atoms in total. The van der Waals surface area contributed by atoms with Crippen LogP contribution in [0.5, 0.6) is 0 Å². The summed E-state index contributed by atoms with van der Waals surface area (Å²) in [5, 5.41) is 17.9. The minimum atomic E-state index is -0.763. The summed E-state index contributed by atoms with van der Waals surface area (Å²) in [6.07, 6.45) is 4.21. The van der Waals surface area contributed by atoms with Crippen molar-refractivity contribution in [2.45, 2.75) is 13.1 Å². The number of nitrogens with zero attached hydrogens (tertiary/aromatic N) is 5. The summed E-state index contributed by atoms with van der Waals surface area (Å²) in [5.41, 5.74) is 0.986. The van der Waals surface area contributed by atoms with Crippen LogP contribution >= 0.6 is 23.2 Å². The zero-order valence-electron chi connectivity index (χ0n) is 17.6. The standard InChI is InChI=1S/C23H13Cl2F2N7O/c24-14-3-12-1-11(2-18(26)20(12)29-7-14)9-34-10-16(19(5-28)33-34)23(35)31-6-13-4-15-17(25)8-30-22(15)32-21(13)27/h1-4,7-8,10H,6,9H2,(H,30,32)(H,31,35). The highest BCUT2D eigenvalue weighted by atomic mass is 35.5. The van der Waals surface area contributed by atoms with Gasteiger partial charge in [0, 0.05) is 41.5 Å². The van der Waals surface area contributed by atoms with E-state index in [2.05, 4.69) is 25.4 Å². The van der Waals surface area contributed by atoms with E-state index in [9.17, 15) is 18.8 Å². The maximum Gasteiger partial charge on any atom is 0.256 e. The molecule has 2 N–H and O–H groups in total. The van der Waals surface area contributed by atoms with E-state index >= 15 is 0 Å². The average molecular weight is 512 g/mol. The van der Waals surface area contributed by atoms with E-state index in [1.54, 1.807) is 12.1 Å². The summed E-state index contributed by atoms with van der Waals surface area (Å²) >= 11 is 12.0. The Labute approximate surface area is 206 Å². The van der Waals surface area contributed by atoms with Crippen molar-refractivity contribution in [2.24, 2.45) is 0 Å². The number of hydrogen-bond donors (Lipinski definition) is 2. The maximum atomic E-state index is 14.5. The summed E-state index contributed by atoms with van der Waals surface area (Å²) < 4.78 is 30.1. The van der Waals surface area contributed by atoms with Crippen molar-refractivity contribution in [1.29, 1.82) is 5.26 Å². The van der Waals surface area contributed by atoms with Gasteiger partial charge in [-0.25, -0.2) is 9.37 Å². The van der Waals surface area contributed by atoms with Crippen molar-refractivity contribution >= 4 is 51.0 Å². The second-order valence-corrected chi connectivity index (χ2v) is 8.50. The molecule has 0 bridgehead atoms. The first-order chi connectivity index (χ1) is 16.8. The highest BCUT2D eigenvalue weighted by Crippen LogP contribution is 2.24. The van der Waals surface area contributed by atoms with E-state index in [4.69, 9.17) is 23.2 Å². The van der Waals surface area contributed by atoms with Crippen molar-refractivity contribution in [1.82, 2.24) is 30.0 Å². The summed E-state index contributed by atoms with van der Waals surface area (Å²) in [4.78, 5) is 23.3. The second-order valence-electron chi connectivity index (χ2n) is 7.66. The number of benzene rings is 1. The van der Waals surface area contributed by atoms with Crippen molar-refractivity contribution < 1.29 is 13.6 Å². The van der Waals surface area contributed by atoms with Crippen LogP contribution < -0.4 is 5.32 Å². The topological polar surface area (TPSA) is 112 Å². The van der Waals surface area contributed by atoms with Gasteiger partial charge in [0.05, 0.1) is 22.2 Å². The van der Waals surface area contributed by atoms with Gasteiger partial charge >= 0.3 is 0 Å². The first-order valence-corrected chi connectivity index (χ1v) is 10.9. The predicted octanol–water partition coefficient (Wildman–Crippen LogP) is 4.74. The molecule has 0 radical (unpaired) electrons. The van der Waals surface area contributed by atoms with Crippen LogP contribution in [-0.4, -0.2) is 30.6 Å². The molecule has 174 valence electrons. The highest BCUT2D eigenvalue weighted by Gasteiger charge is 2.18. The first kappa shape index (κ1) is 22.7. The third-order valence-electron chi connectivity index (χ3n) is 5.30. The monoisotopic (exact) mass is 511 g/mol. The van der Waals surface area contributed by atoms with Gasteiger partial charge in [-0.2, -0.15) is 14.8 Å². The quantitative estimate of drug-likeness (QED) is 0.331. The molecular weight excluding hydrogens is 499 g/mol. The van der Waals surface area contributed by atoms with Gasteiger partial charge in [0.25, 0.3) is 5.91 Å². The minimum absolute atomic E-state index is 0.00686.